The second kappa shape index (κ2) is 9.15. The molecule has 0 saturated heterocycles. The molecular formula is C23H17NO4. The Morgan fingerprint density at radius 1 is 0.857 bits per heavy atom. The minimum atomic E-state index is -1.08. The van der Waals surface area contributed by atoms with Crippen molar-refractivity contribution in [1.29, 1.82) is 5.26 Å². The average Bonchev–Trinajstić information content (AvgIpc) is 2.77. The highest BCUT2D eigenvalue weighted by Crippen LogP contribution is 2.23. The van der Waals surface area contributed by atoms with Crippen LogP contribution in [0.15, 0.2) is 84.9 Å². The third-order valence-corrected chi connectivity index (χ3v) is 4.00. The number of nitrogens with zero attached hydrogens (tertiary/aromatic N) is 1. The van der Waals surface area contributed by atoms with E-state index in [-0.39, 0.29) is 11.5 Å². The predicted molar refractivity (Wildman–Crippen MR) is 103 cm³/mol. The fourth-order valence-electron chi connectivity index (χ4n) is 2.64. The quantitative estimate of drug-likeness (QED) is 0.461. The molecule has 138 valence electrons. The number of ether oxygens (including phenoxy) is 2. The molecule has 0 unspecified atom stereocenters. The van der Waals surface area contributed by atoms with Gasteiger partial charge in [0, 0.05) is 11.1 Å². The van der Waals surface area contributed by atoms with Gasteiger partial charge in [-0.15, -0.1) is 0 Å². The van der Waals surface area contributed by atoms with E-state index in [9.17, 15) is 9.59 Å². The van der Waals surface area contributed by atoms with Crippen molar-refractivity contribution in [2.45, 2.75) is 6.10 Å². The molecule has 0 aliphatic carbocycles. The number of ketones is 1. The largest absolute Gasteiger partial charge is 0.481 e. The van der Waals surface area contributed by atoms with Crippen LogP contribution in [-0.4, -0.2) is 18.4 Å². The number of hydrogen-bond donors (Lipinski definition) is 0. The zero-order chi connectivity index (χ0) is 19.8. The standard InChI is InChI=1S/C23H17NO4/c24-15-19-13-7-8-14-20(19)27-16-21(25)28-23(18-11-5-2-6-12-18)22(26)17-9-3-1-4-10-17/h1-14,23H,16H2/t23-/m0/s1. The molecule has 0 fully saturated rings. The van der Waals surface area contributed by atoms with Crippen LogP contribution < -0.4 is 4.74 Å². The van der Waals surface area contributed by atoms with Gasteiger partial charge >= 0.3 is 5.97 Å². The first-order valence-corrected chi connectivity index (χ1v) is 8.64. The summed E-state index contributed by atoms with van der Waals surface area (Å²) in [6, 6.07) is 26.0. The summed E-state index contributed by atoms with van der Waals surface area (Å²) in [5, 5.41) is 9.09. The van der Waals surface area contributed by atoms with Crippen molar-refractivity contribution in [2.24, 2.45) is 0 Å². The second-order valence-corrected chi connectivity index (χ2v) is 5.91. The van der Waals surface area contributed by atoms with Crippen molar-refractivity contribution in [3.05, 3.63) is 102 Å². The van der Waals surface area contributed by atoms with Crippen molar-refractivity contribution in [3.8, 4) is 11.8 Å². The van der Waals surface area contributed by atoms with Crippen LogP contribution in [0.3, 0.4) is 0 Å². The first-order chi connectivity index (χ1) is 13.7. The molecule has 3 aromatic rings. The lowest BCUT2D eigenvalue weighted by atomic mass is 10.00. The van der Waals surface area contributed by atoms with E-state index in [0.717, 1.165) is 0 Å². The number of hydrogen-bond acceptors (Lipinski definition) is 5. The van der Waals surface area contributed by atoms with Crippen LogP contribution in [-0.2, 0) is 9.53 Å². The molecule has 5 heteroatoms. The molecule has 3 rings (SSSR count). The summed E-state index contributed by atoms with van der Waals surface area (Å²) >= 11 is 0. The van der Waals surface area contributed by atoms with E-state index in [2.05, 4.69) is 0 Å². The number of rotatable bonds is 7. The topological polar surface area (TPSA) is 76.4 Å². The number of Topliss-reactive ketones (excluding diaryl/α,β-unsaturated/α-hetero) is 1. The Kier molecular flexibility index (Phi) is 6.17. The average molecular weight is 371 g/mol. The fourth-order valence-corrected chi connectivity index (χ4v) is 2.64. The maximum absolute atomic E-state index is 12.9. The van der Waals surface area contributed by atoms with Gasteiger partial charge in [-0.1, -0.05) is 72.8 Å². The van der Waals surface area contributed by atoms with Gasteiger partial charge in [0.2, 0.25) is 5.78 Å². The van der Waals surface area contributed by atoms with E-state index in [0.29, 0.717) is 16.7 Å². The lowest BCUT2D eigenvalue weighted by molar-refractivity contribution is -0.149. The van der Waals surface area contributed by atoms with E-state index < -0.39 is 18.7 Å². The summed E-state index contributed by atoms with van der Waals surface area (Å²) in [7, 11) is 0. The summed E-state index contributed by atoms with van der Waals surface area (Å²) in [6.45, 7) is -0.413. The van der Waals surface area contributed by atoms with Gasteiger partial charge in [-0.25, -0.2) is 4.79 Å². The van der Waals surface area contributed by atoms with Crippen LogP contribution in [0.4, 0.5) is 0 Å². The molecule has 0 radical (unpaired) electrons. The van der Waals surface area contributed by atoms with Crippen molar-refractivity contribution in [2.75, 3.05) is 6.61 Å². The van der Waals surface area contributed by atoms with Gasteiger partial charge in [0.15, 0.2) is 12.7 Å². The molecule has 3 aromatic carbocycles. The molecule has 0 aliphatic rings. The smallest absolute Gasteiger partial charge is 0.345 e. The highest BCUT2D eigenvalue weighted by molar-refractivity contribution is 6.01. The van der Waals surface area contributed by atoms with Crippen molar-refractivity contribution < 1.29 is 19.1 Å². The molecule has 5 nitrogen and oxygen atoms in total. The molecule has 0 saturated carbocycles. The van der Waals surface area contributed by atoms with Gasteiger partial charge in [-0.3, -0.25) is 4.79 Å². The van der Waals surface area contributed by atoms with Crippen LogP contribution in [0.1, 0.15) is 27.6 Å². The predicted octanol–water partition coefficient (Wildman–Crippen LogP) is 4.10. The number of nitriles is 1. The highest BCUT2D eigenvalue weighted by atomic mass is 16.6. The van der Waals surface area contributed by atoms with Gasteiger partial charge in [0.25, 0.3) is 0 Å². The van der Waals surface area contributed by atoms with Gasteiger partial charge < -0.3 is 9.47 Å². The van der Waals surface area contributed by atoms with Gasteiger partial charge in [-0.05, 0) is 12.1 Å². The first-order valence-electron chi connectivity index (χ1n) is 8.64. The summed E-state index contributed by atoms with van der Waals surface area (Å²) in [5.74, 6) is -0.740. The Balaban J connectivity index is 1.75. The third-order valence-electron chi connectivity index (χ3n) is 4.00. The zero-order valence-electron chi connectivity index (χ0n) is 14.9. The lowest BCUT2D eigenvalue weighted by Crippen LogP contribution is -2.23. The molecule has 28 heavy (non-hydrogen) atoms. The molecule has 0 amide bonds. The van der Waals surface area contributed by atoms with E-state index in [1.165, 1.54) is 0 Å². The number of esters is 1. The van der Waals surface area contributed by atoms with Crippen molar-refractivity contribution in [1.82, 2.24) is 0 Å². The van der Waals surface area contributed by atoms with Crippen LogP contribution >= 0.6 is 0 Å². The number of benzene rings is 3. The minimum Gasteiger partial charge on any atom is -0.481 e. The van der Waals surface area contributed by atoms with Crippen molar-refractivity contribution in [3.63, 3.8) is 0 Å². The van der Waals surface area contributed by atoms with Crippen LogP contribution in [0, 0.1) is 11.3 Å². The molecular weight excluding hydrogens is 354 g/mol. The van der Waals surface area contributed by atoms with Gasteiger partial charge in [0.05, 0.1) is 5.56 Å². The first kappa shape index (κ1) is 18.9. The minimum absolute atomic E-state index is 0.285. The van der Waals surface area contributed by atoms with E-state index in [4.69, 9.17) is 14.7 Å². The maximum atomic E-state index is 12.9. The van der Waals surface area contributed by atoms with Gasteiger partial charge in [0.1, 0.15) is 11.8 Å². The fraction of sp³-hybridized carbons (Fsp3) is 0.0870. The molecule has 0 heterocycles. The van der Waals surface area contributed by atoms with Crippen LogP contribution in [0.5, 0.6) is 5.75 Å². The number of carbonyl (C=O) groups is 2. The maximum Gasteiger partial charge on any atom is 0.345 e. The van der Waals surface area contributed by atoms with E-state index in [1.807, 2.05) is 12.1 Å². The van der Waals surface area contributed by atoms with Crippen LogP contribution in [0.2, 0.25) is 0 Å². The molecule has 0 aromatic heterocycles. The lowest BCUT2D eigenvalue weighted by Gasteiger charge is -2.18. The van der Waals surface area contributed by atoms with Crippen molar-refractivity contribution >= 4 is 11.8 Å². The molecule has 0 spiro atoms. The molecule has 0 N–H and O–H groups in total. The van der Waals surface area contributed by atoms with Gasteiger partial charge in [-0.2, -0.15) is 5.26 Å². The Morgan fingerprint density at radius 2 is 1.46 bits per heavy atom. The monoisotopic (exact) mass is 371 g/mol. The molecule has 0 bridgehead atoms. The summed E-state index contributed by atoms with van der Waals surface area (Å²) < 4.78 is 10.9. The Bertz CT molecular complexity index is 994. The second-order valence-electron chi connectivity index (χ2n) is 5.91. The van der Waals surface area contributed by atoms with E-state index in [1.54, 1.807) is 78.9 Å². The van der Waals surface area contributed by atoms with E-state index >= 15 is 0 Å². The Labute approximate surface area is 162 Å². The summed E-state index contributed by atoms with van der Waals surface area (Å²) in [6.07, 6.45) is -1.08. The number of para-hydroxylation sites is 1. The highest BCUT2D eigenvalue weighted by Gasteiger charge is 2.26. The number of carbonyl (C=O) groups excluding carboxylic acids is 2. The zero-order valence-corrected chi connectivity index (χ0v) is 14.9. The third kappa shape index (κ3) is 4.63. The summed E-state index contributed by atoms with van der Waals surface area (Å²) in [5.41, 5.74) is 1.33. The summed E-state index contributed by atoms with van der Waals surface area (Å²) in [4.78, 5) is 25.2. The molecule has 1 atom stereocenters. The Hall–Kier alpha value is -3.91. The Morgan fingerprint density at radius 3 is 2.14 bits per heavy atom. The normalized spacial score (nSPS) is 11.1. The SMILES string of the molecule is N#Cc1ccccc1OCC(=O)O[C@H](C(=O)c1ccccc1)c1ccccc1. The molecule has 0 aliphatic heterocycles. The van der Waals surface area contributed by atoms with Crippen LogP contribution in [0.25, 0.3) is 0 Å².